The second-order valence-corrected chi connectivity index (χ2v) is 5.85. The third-order valence-electron chi connectivity index (χ3n) is 4.34. The second-order valence-electron chi connectivity index (χ2n) is 5.85. The van der Waals surface area contributed by atoms with E-state index in [9.17, 15) is 9.59 Å². The van der Waals surface area contributed by atoms with E-state index in [1.54, 1.807) is 4.90 Å². The SMILES string of the molecule is CCC(C(=O)NCCCN1CCNCC1)N1CCCC1=O.Cl. The Kier molecular flexibility index (Phi) is 8.75. The molecular formula is C15H29ClN4O2. The van der Waals surface area contributed by atoms with Crippen molar-refractivity contribution in [2.75, 3.05) is 45.8 Å². The third-order valence-corrected chi connectivity index (χ3v) is 4.34. The molecule has 1 atom stereocenters. The molecule has 2 heterocycles. The molecule has 0 aromatic carbocycles. The van der Waals surface area contributed by atoms with Gasteiger partial charge in [0.1, 0.15) is 6.04 Å². The number of nitrogens with one attached hydrogen (secondary N) is 2. The molecule has 0 spiro atoms. The van der Waals surface area contributed by atoms with Crippen LogP contribution < -0.4 is 10.6 Å². The number of hydrogen-bond acceptors (Lipinski definition) is 4. The van der Waals surface area contributed by atoms with Crippen LogP contribution in [0.15, 0.2) is 0 Å². The maximum absolute atomic E-state index is 12.2. The van der Waals surface area contributed by atoms with Crippen LogP contribution in [0.5, 0.6) is 0 Å². The highest BCUT2D eigenvalue weighted by Gasteiger charge is 2.31. The minimum Gasteiger partial charge on any atom is -0.354 e. The summed E-state index contributed by atoms with van der Waals surface area (Å²) in [5, 5.41) is 6.33. The predicted octanol–water partition coefficient (Wildman–Crippen LogP) is 0.221. The van der Waals surface area contributed by atoms with Crippen molar-refractivity contribution in [3.05, 3.63) is 0 Å². The summed E-state index contributed by atoms with van der Waals surface area (Å²) in [5.74, 6) is 0.130. The molecule has 7 heteroatoms. The Hall–Kier alpha value is -0.850. The van der Waals surface area contributed by atoms with Crippen LogP contribution in [-0.4, -0.2) is 73.5 Å². The van der Waals surface area contributed by atoms with Gasteiger partial charge in [0.25, 0.3) is 0 Å². The Labute approximate surface area is 139 Å². The van der Waals surface area contributed by atoms with Crippen LogP contribution in [0, 0.1) is 0 Å². The summed E-state index contributed by atoms with van der Waals surface area (Å²) >= 11 is 0. The maximum atomic E-state index is 12.2. The number of nitrogens with zero attached hydrogens (tertiary/aromatic N) is 2. The van der Waals surface area contributed by atoms with Gasteiger partial charge in [-0.15, -0.1) is 12.4 Å². The Morgan fingerprint density at radius 2 is 2.05 bits per heavy atom. The van der Waals surface area contributed by atoms with Crippen molar-refractivity contribution in [2.45, 2.75) is 38.6 Å². The predicted molar refractivity (Wildman–Crippen MR) is 89.2 cm³/mol. The van der Waals surface area contributed by atoms with Crippen LogP contribution in [0.4, 0.5) is 0 Å². The van der Waals surface area contributed by atoms with Gasteiger partial charge in [-0.25, -0.2) is 0 Å². The van der Waals surface area contributed by atoms with Crippen LogP contribution in [0.1, 0.15) is 32.6 Å². The average molecular weight is 333 g/mol. The molecule has 2 N–H and O–H groups in total. The van der Waals surface area contributed by atoms with Gasteiger partial charge in [-0.2, -0.15) is 0 Å². The molecule has 128 valence electrons. The van der Waals surface area contributed by atoms with Gasteiger partial charge >= 0.3 is 0 Å². The first-order valence-electron chi connectivity index (χ1n) is 8.22. The highest BCUT2D eigenvalue weighted by atomic mass is 35.5. The summed E-state index contributed by atoms with van der Waals surface area (Å²) in [7, 11) is 0. The van der Waals surface area contributed by atoms with Gasteiger partial charge in [0.05, 0.1) is 0 Å². The maximum Gasteiger partial charge on any atom is 0.242 e. The summed E-state index contributed by atoms with van der Waals surface area (Å²) in [6, 6.07) is -0.279. The minimum absolute atomic E-state index is 0. The fourth-order valence-corrected chi connectivity index (χ4v) is 3.11. The third kappa shape index (κ3) is 5.41. The highest BCUT2D eigenvalue weighted by Crippen LogP contribution is 2.15. The normalized spacial score (nSPS) is 20.6. The molecule has 2 saturated heterocycles. The Balaban J connectivity index is 0.00000242. The molecule has 2 amide bonds. The molecule has 1 unspecified atom stereocenters. The number of likely N-dealkylation sites (tertiary alicyclic amines) is 1. The van der Waals surface area contributed by atoms with Crippen molar-refractivity contribution < 1.29 is 9.59 Å². The van der Waals surface area contributed by atoms with Gasteiger partial charge in [0.15, 0.2) is 0 Å². The lowest BCUT2D eigenvalue weighted by Gasteiger charge is -2.28. The van der Waals surface area contributed by atoms with Crippen molar-refractivity contribution >= 4 is 24.2 Å². The smallest absolute Gasteiger partial charge is 0.242 e. The lowest BCUT2D eigenvalue weighted by atomic mass is 10.2. The van der Waals surface area contributed by atoms with E-state index in [1.165, 1.54) is 0 Å². The molecule has 0 aliphatic carbocycles. The van der Waals surface area contributed by atoms with Crippen molar-refractivity contribution in [1.82, 2.24) is 20.4 Å². The van der Waals surface area contributed by atoms with E-state index in [-0.39, 0.29) is 30.3 Å². The number of rotatable bonds is 7. The number of carbonyl (C=O) groups excluding carboxylic acids is 2. The van der Waals surface area contributed by atoms with Crippen LogP contribution in [-0.2, 0) is 9.59 Å². The molecule has 2 fully saturated rings. The van der Waals surface area contributed by atoms with E-state index in [0.29, 0.717) is 19.4 Å². The number of hydrogen-bond donors (Lipinski definition) is 2. The molecule has 0 saturated carbocycles. The van der Waals surface area contributed by atoms with E-state index >= 15 is 0 Å². The molecule has 2 aliphatic heterocycles. The molecule has 2 aliphatic rings. The fourth-order valence-electron chi connectivity index (χ4n) is 3.11. The first-order valence-corrected chi connectivity index (χ1v) is 8.22. The van der Waals surface area contributed by atoms with Crippen LogP contribution in [0.2, 0.25) is 0 Å². The largest absolute Gasteiger partial charge is 0.354 e. The minimum atomic E-state index is -0.279. The van der Waals surface area contributed by atoms with E-state index in [1.807, 2.05) is 6.92 Å². The van der Waals surface area contributed by atoms with Gasteiger partial charge in [0.2, 0.25) is 11.8 Å². The molecule has 0 aromatic heterocycles. The summed E-state index contributed by atoms with van der Waals surface area (Å²) in [6.07, 6.45) is 3.13. The molecule has 2 rings (SSSR count). The van der Waals surface area contributed by atoms with Crippen molar-refractivity contribution in [3.8, 4) is 0 Å². The van der Waals surface area contributed by atoms with Crippen molar-refractivity contribution in [1.29, 1.82) is 0 Å². The summed E-state index contributed by atoms with van der Waals surface area (Å²) < 4.78 is 0. The Morgan fingerprint density at radius 3 is 2.64 bits per heavy atom. The van der Waals surface area contributed by atoms with Crippen molar-refractivity contribution in [2.24, 2.45) is 0 Å². The zero-order chi connectivity index (χ0) is 15.1. The zero-order valence-corrected chi connectivity index (χ0v) is 14.3. The molecule has 22 heavy (non-hydrogen) atoms. The topological polar surface area (TPSA) is 64.7 Å². The summed E-state index contributed by atoms with van der Waals surface area (Å²) in [6.45, 7) is 8.72. The molecular weight excluding hydrogens is 304 g/mol. The van der Waals surface area contributed by atoms with Gasteiger partial charge in [-0.05, 0) is 25.8 Å². The monoisotopic (exact) mass is 332 g/mol. The van der Waals surface area contributed by atoms with Crippen LogP contribution >= 0.6 is 12.4 Å². The first-order chi connectivity index (χ1) is 10.2. The molecule has 0 bridgehead atoms. The average Bonchev–Trinajstić information content (AvgIpc) is 2.92. The van der Waals surface area contributed by atoms with Crippen LogP contribution in [0.3, 0.4) is 0 Å². The number of amides is 2. The molecule has 0 radical (unpaired) electrons. The molecule has 0 aromatic rings. The number of piperazine rings is 1. The van der Waals surface area contributed by atoms with E-state index in [4.69, 9.17) is 0 Å². The van der Waals surface area contributed by atoms with E-state index in [0.717, 1.165) is 52.1 Å². The lowest BCUT2D eigenvalue weighted by Crippen LogP contribution is -2.48. The van der Waals surface area contributed by atoms with Gasteiger partial charge in [-0.1, -0.05) is 6.92 Å². The fraction of sp³-hybridized carbons (Fsp3) is 0.867. The van der Waals surface area contributed by atoms with Crippen molar-refractivity contribution in [3.63, 3.8) is 0 Å². The van der Waals surface area contributed by atoms with Gasteiger partial charge < -0.3 is 20.4 Å². The Morgan fingerprint density at radius 1 is 1.32 bits per heavy atom. The van der Waals surface area contributed by atoms with Crippen LogP contribution in [0.25, 0.3) is 0 Å². The van der Waals surface area contributed by atoms with E-state index in [2.05, 4.69) is 15.5 Å². The highest BCUT2D eigenvalue weighted by molar-refractivity contribution is 5.88. The van der Waals surface area contributed by atoms with Gasteiger partial charge in [0, 0.05) is 45.7 Å². The Bertz CT molecular complexity index is 361. The lowest BCUT2D eigenvalue weighted by molar-refractivity contribution is -0.137. The van der Waals surface area contributed by atoms with E-state index < -0.39 is 0 Å². The summed E-state index contributed by atoms with van der Waals surface area (Å²) in [4.78, 5) is 28.1. The second kappa shape index (κ2) is 10.0. The number of halogens is 1. The quantitative estimate of drug-likeness (QED) is 0.655. The zero-order valence-electron chi connectivity index (χ0n) is 13.5. The standard InChI is InChI=1S/C15H28N4O2.ClH/c1-2-13(19-10-3-5-14(19)20)15(21)17-6-4-9-18-11-7-16-8-12-18;/h13,16H,2-12H2,1H3,(H,17,21);1H. The number of carbonyl (C=O) groups is 2. The van der Waals surface area contributed by atoms with Gasteiger partial charge in [-0.3, -0.25) is 9.59 Å². The molecule has 6 nitrogen and oxygen atoms in total. The first kappa shape index (κ1) is 19.2. The summed E-state index contributed by atoms with van der Waals surface area (Å²) in [5.41, 5.74) is 0.